The van der Waals surface area contributed by atoms with Gasteiger partial charge in [0.15, 0.2) is 0 Å². The second kappa shape index (κ2) is 9.45. The average Bonchev–Trinajstić information content (AvgIpc) is 3.17. The van der Waals surface area contributed by atoms with Gasteiger partial charge in [-0.25, -0.2) is 0 Å². The number of hydrogen-bond donors (Lipinski definition) is 1. The summed E-state index contributed by atoms with van der Waals surface area (Å²) < 4.78 is 7.71. The van der Waals surface area contributed by atoms with Crippen LogP contribution in [-0.2, 0) is 17.8 Å². The first-order valence-electron chi connectivity index (χ1n) is 10.9. The predicted molar refractivity (Wildman–Crippen MR) is 134 cm³/mol. The standard InChI is InChI=1S/C26H25Cl2N3O/c27-23-7-3-1-5-19(23)17-31-18-20(22-6-2-4-8-25(22)31)16-29-21-9-10-26(24(28)15-21)30-11-13-32-14-12-30/h1-10,15,18,29H,11-14,16-17H2. The number of fused-ring (bicyclic) bond motifs is 1. The molecular weight excluding hydrogens is 441 g/mol. The van der Waals surface area contributed by atoms with E-state index < -0.39 is 0 Å². The van der Waals surface area contributed by atoms with E-state index in [0.717, 1.165) is 59.8 Å². The van der Waals surface area contributed by atoms with Crippen molar-refractivity contribution in [2.45, 2.75) is 13.1 Å². The van der Waals surface area contributed by atoms with Gasteiger partial charge >= 0.3 is 0 Å². The summed E-state index contributed by atoms with van der Waals surface area (Å²) in [7, 11) is 0. The van der Waals surface area contributed by atoms with Crippen LogP contribution >= 0.6 is 23.2 Å². The molecule has 1 aliphatic heterocycles. The molecule has 164 valence electrons. The van der Waals surface area contributed by atoms with Crippen LogP contribution in [0.25, 0.3) is 10.9 Å². The van der Waals surface area contributed by atoms with Crippen LogP contribution in [0.5, 0.6) is 0 Å². The molecule has 1 N–H and O–H groups in total. The number of aromatic nitrogens is 1. The molecule has 0 saturated carbocycles. The van der Waals surface area contributed by atoms with Gasteiger partial charge in [-0.05, 0) is 41.5 Å². The molecular formula is C26H25Cl2N3O. The molecule has 5 rings (SSSR count). The summed E-state index contributed by atoms with van der Waals surface area (Å²) in [5.41, 5.74) is 5.62. The fraction of sp³-hybridized carbons (Fsp3) is 0.231. The molecule has 1 aliphatic rings. The van der Waals surface area contributed by atoms with E-state index >= 15 is 0 Å². The zero-order valence-corrected chi connectivity index (χ0v) is 19.2. The Morgan fingerprint density at radius 2 is 1.62 bits per heavy atom. The largest absolute Gasteiger partial charge is 0.381 e. The van der Waals surface area contributed by atoms with Crippen LogP contribution in [0.15, 0.2) is 72.9 Å². The molecule has 1 saturated heterocycles. The van der Waals surface area contributed by atoms with E-state index in [-0.39, 0.29) is 0 Å². The number of anilines is 2. The maximum Gasteiger partial charge on any atom is 0.0660 e. The fourth-order valence-electron chi connectivity index (χ4n) is 4.28. The molecule has 3 aromatic carbocycles. The second-order valence-corrected chi connectivity index (χ2v) is 8.82. The molecule has 0 radical (unpaired) electrons. The van der Waals surface area contributed by atoms with Gasteiger partial charge in [0.1, 0.15) is 0 Å². The molecule has 0 amide bonds. The minimum Gasteiger partial charge on any atom is -0.381 e. The molecule has 0 bridgehead atoms. The number of halogens is 2. The Morgan fingerprint density at radius 1 is 0.844 bits per heavy atom. The van der Waals surface area contributed by atoms with E-state index in [4.69, 9.17) is 27.9 Å². The third-order valence-corrected chi connectivity index (χ3v) is 6.62. The van der Waals surface area contributed by atoms with Crippen molar-refractivity contribution in [3.63, 3.8) is 0 Å². The molecule has 4 nitrogen and oxygen atoms in total. The van der Waals surface area contributed by atoms with Crippen molar-refractivity contribution in [2.75, 3.05) is 36.5 Å². The van der Waals surface area contributed by atoms with Crippen LogP contribution in [0.3, 0.4) is 0 Å². The lowest BCUT2D eigenvalue weighted by molar-refractivity contribution is 0.122. The van der Waals surface area contributed by atoms with Crippen molar-refractivity contribution in [2.24, 2.45) is 0 Å². The van der Waals surface area contributed by atoms with Gasteiger partial charge < -0.3 is 19.5 Å². The van der Waals surface area contributed by atoms with Crippen molar-refractivity contribution in [3.8, 4) is 0 Å². The first-order valence-corrected chi connectivity index (χ1v) is 11.6. The molecule has 1 fully saturated rings. The number of ether oxygens (including phenoxy) is 1. The lowest BCUT2D eigenvalue weighted by Crippen LogP contribution is -2.36. The summed E-state index contributed by atoms with van der Waals surface area (Å²) in [6.45, 7) is 4.68. The summed E-state index contributed by atoms with van der Waals surface area (Å²) in [6, 6.07) is 22.7. The van der Waals surface area contributed by atoms with E-state index in [1.54, 1.807) is 0 Å². The third-order valence-electron chi connectivity index (χ3n) is 5.95. The zero-order chi connectivity index (χ0) is 21.9. The maximum absolute atomic E-state index is 6.61. The van der Waals surface area contributed by atoms with Crippen LogP contribution in [0.2, 0.25) is 10.0 Å². The number of benzene rings is 3. The molecule has 0 spiro atoms. The summed E-state index contributed by atoms with van der Waals surface area (Å²) in [5.74, 6) is 0. The van der Waals surface area contributed by atoms with Crippen molar-refractivity contribution in [3.05, 3.63) is 94.1 Å². The Labute approximate surface area is 198 Å². The number of morpholine rings is 1. The van der Waals surface area contributed by atoms with Crippen LogP contribution in [0.1, 0.15) is 11.1 Å². The molecule has 6 heteroatoms. The van der Waals surface area contributed by atoms with Crippen molar-refractivity contribution < 1.29 is 4.74 Å². The van der Waals surface area contributed by atoms with Crippen molar-refractivity contribution in [1.82, 2.24) is 4.57 Å². The maximum atomic E-state index is 6.61. The molecule has 1 aromatic heterocycles. The summed E-state index contributed by atoms with van der Waals surface area (Å²) in [5, 5.41) is 6.34. The SMILES string of the molecule is Clc1ccccc1Cn1cc(CNc2ccc(N3CCOCC3)c(Cl)c2)c2ccccc21. The fourth-order valence-corrected chi connectivity index (χ4v) is 4.78. The van der Waals surface area contributed by atoms with Gasteiger partial charge in [-0.1, -0.05) is 59.6 Å². The summed E-state index contributed by atoms with van der Waals surface area (Å²) in [4.78, 5) is 2.28. The van der Waals surface area contributed by atoms with E-state index in [1.807, 2.05) is 24.3 Å². The molecule has 4 aromatic rings. The van der Waals surface area contributed by atoms with Gasteiger partial charge in [-0.15, -0.1) is 0 Å². The third kappa shape index (κ3) is 4.44. The number of nitrogens with one attached hydrogen (secondary N) is 1. The highest BCUT2D eigenvalue weighted by atomic mass is 35.5. The van der Waals surface area contributed by atoms with Gasteiger partial charge in [-0.3, -0.25) is 0 Å². The van der Waals surface area contributed by atoms with Crippen LogP contribution < -0.4 is 10.2 Å². The Kier molecular flexibility index (Phi) is 6.26. The summed E-state index contributed by atoms with van der Waals surface area (Å²) >= 11 is 13.0. The number of rotatable bonds is 6. The Balaban J connectivity index is 1.35. The molecule has 0 unspecified atom stereocenters. The van der Waals surface area contributed by atoms with Crippen LogP contribution in [0.4, 0.5) is 11.4 Å². The normalized spacial score (nSPS) is 14.1. The minimum atomic E-state index is 0.712. The highest BCUT2D eigenvalue weighted by Gasteiger charge is 2.15. The van der Waals surface area contributed by atoms with Gasteiger partial charge in [0.25, 0.3) is 0 Å². The zero-order valence-electron chi connectivity index (χ0n) is 17.7. The highest BCUT2D eigenvalue weighted by molar-refractivity contribution is 6.33. The van der Waals surface area contributed by atoms with Crippen molar-refractivity contribution >= 4 is 45.5 Å². The lowest BCUT2D eigenvalue weighted by atomic mass is 10.1. The minimum absolute atomic E-state index is 0.712. The van der Waals surface area contributed by atoms with Crippen LogP contribution in [-0.4, -0.2) is 30.9 Å². The number of hydrogen-bond acceptors (Lipinski definition) is 3. The quantitative estimate of drug-likeness (QED) is 0.354. The molecule has 0 atom stereocenters. The van der Waals surface area contributed by atoms with Gasteiger partial charge in [-0.2, -0.15) is 0 Å². The lowest BCUT2D eigenvalue weighted by Gasteiger charge is -2.29. The Hall–Kier alpha value is -2.66. The second-order valence-electron chi connectivity index (χ2n) is 8.01. The first-order chi connectivity index (χ1) is 15.7. The average molecular weight is 466 g/mol. The predicted octanol–water partition coefficient (Wildman–Crippen LogP) is 6.45. The Morgan fingerprint density at radius 3 is 2.44 bits per heavy atom. The molecule has 0 aliphatic carbocycles. The smallest absolute Gasteiger partial charge is 0.0660 e. The number of para-hydroxylation sites is 1. The van der Waals surface area contributed by atoms with E-state index in [0.29, 0.717) is 6.54 Å². The monoisotopic (exact) mass is 465 g/mol. The highest BCUT2D eigenvalue weighted by Crippen LogP contribution is 2.30. The van der Waals surface area contributed by atoms with E-state index in [2.05, 4.69) is 63.4 Å². The topological polar surface area (TPSA) is 29.4 Å². The summed E-state index contributed by atoms with van der Waals surface area (Å²) in [6.07, 6.45) is 2.21. The van der Waals surface area contributed by atoms with Crippen molar-refractivity contribution in [1.29, 1.82) is 0 Å². The Bertz CT molecular complexity index is 1230. The van der Waals surface area contributed by atoms with E-state index in [9.17, 15) is 0 Å². The molecule has 32 heavy (non-hydrogen) atoms. The van der Waals surface area contributed by atoms with E-state index in [1.165, 1.54) is 16.5 Å². The molecule has 2 heterocycles. The van der Waals surface area contributed by atoms with Gasteiger partial charge in [0.2, 0.25) is 0 Å². The van der Waals surface area contributed by atoms with Crippen LogP contribution in [0, 0.1) is 0 Å². The number of nitrogens with zero attached hydrogens (tertiary/aromatic N) is 2. The van der Waals surface area contributed by atoms with Gasteiger partial charge in [0.05, 0.1) is 23.9 Å². The first kappa shape index (κ1) is 21.2. The van der Waals surface area contributed by atoms with Gasteiger partial charge in [0, 0.05) is 54.0 Å².